The number of nitrogens with zero attached hydrogens (tertiary/aromatic N) is 1. The fraction of sp³-hybridized carbons (Fsp3) is 0.891. The van der Waals surface area contributed by atoms with Gasteiger partial charge in [-0.15, -0.1) is 0 Å². The molecule has 1 aromatic rings. The summed E-state index contributed by atoms with van der Waals surface area (Å²) < 4.78 is 2.29. The fourth-order valence-electron chi connectivity index (χ4n) is 6.93. The van der Waals surface area contributed by atoms with Gasteiger partial charge in [0.05, 0.1) is 0 Å². The summed E-state index contributed by atoms with van der Waals surface area (Å²) >= 11 is 0. The van der Waals surface area contributed by atoms with Gasteiger partial charge in [0.1, 0.15) is 6.54 Å². The van der Waals surface area contributed by atoms with Crippen LogP contribution in [0.15, 0.2) is 30.6 Å². The van der Waals surface area contributed by atoms with E-state index in [2.05, 4.69) is 55.9 Å². The molecule has 0 fully saturated rings. The Balaban J connectivity index is 0. The number of rotatable bonds is 37. The standard InChI is InChI=1S/C25H52.C21H38N.Na.H/c1-3-5-7-9-11-13-15-17-19-21-23-25-24-22-20-18-16-14-12-10-8-6-4-2;1-2-3-4-5-6-7-8-9-10-11-12-13-14-16-19-22-20-17-15-18-21-22;;/h3-25H2,1-2H3;15,17-18,20-21H,2-14,16,19H2,1H3;;/q;+1;;. The number of aromatic nitrogens is 1. The molecule has 0 atom stereocenters. The Hall–Kier alpha value is 0.150. The Morgan fingerprint density at radius 1 is 0.250 bits per heavy atom. The van der Waals surface area contributed by atoms with E-state index in [0.29, 0.717) is 0 Å². The molecule has 1 nitrogen and oxygen atoms in total. The van der Waals surface area contributed by atoms with Crippen LogP contribution in [0.5, 0.6) is 0 Å². The van der Waals surface area contributed by atoms with Crippen LogP contribution in [-0.2, 0) is 6.54 Å². The first-order valence-corrected chi connectivity index (χ1v) is 22.3. The zero-order valence-electron chi connectivity index (χ0n) is 33.2. The molecule has 0 aliphatic heterocycles. The van der Waals surface area contributed by atoms with Gasteiger partial charge < -0.3 is 0 Å². The molecule has 0 amide bonds. The van der Waals surface area contributed by atoms with Gasteiger partial charge in [-0.2, -0.15) is 0 Å². The minimum absolute atomic E-state index is 0. The number of aryl methyl sites for hydroxylation is 1. The summed E-state index contributed by atoms with van der Waals surface area (Å²) in [5.41, 5.74) is 0. The Morgan fingerprint density at radius 2 is 0.438 bits per heavy atom. The normalized spacial score (nSPS) is 10.9. The van der Waals surface area contributed by atoms with Crippen molar-refractivity contribution >= 4 is 29.6 Å². The Morgan fingerprint density at radius 3 is 0.646 bits per heavy atom. The van der Waals surface area contributed by atoms with Gasteiger partial charge in [-0.25, -0.2) is 4.57 Å². The molecule has 280 valence electrons. The number of hydrogen-bond acceptors (Lipinski definition) is 0. The van der Waals surface area contributed by atoms with Crippen LogP contribution in [0.3, 0.4) is 0 Å². The summed E-state index contributed by atoms with van der Waals surface area (Å²) in [6.07, 6.45) is 58.3. The number of hydrogen-bond donors (Lipinski definition) is 0. The summed E-state index contributed by atoms with van der Waals surface area (Å²) in [6.45, 7) is 8.08. The van der Waals surface area contributed by atoms with Crippen LogP contribution in [0.1, 0.15) is 258 Å². The van der Waals surface area contributed by atoms with E-state index < -0.39 is 0 Å². The van der Waals surface area contributed by atoms with E-state index in [-0.39, 0.29) is 29.6 Å². The van der Waals surface area contributed by atoms with Gasteiger partial charge in [0, 0.05) is 18.6 Å². The van der Waals surface area contributed by atoms with Crippen molar-refractivity contribution in [2.75, 3.05) is 0 Å². The first kappa shape index (κ1) is 50.3. The van der Waals surface area contributed by atoms with E-state index >= 15 is 0 Å². The van der Waals surface area contributed by atoms with Crippen molar-refractivity contribution in [3.05, 3.63) is 30.6 Å². The summed E-state index contributed by atoms with van der Waals surface area (Å²) in [5.74, 6) is 0. The van der Waals surface area contributed by atoms with E-state index in [1.54, 1.807) is 0 Å². The molecule has 48 heavy (non-hydrogen) atoms. The van der Waals surface area contributed by atoms with Gasteiger partial charge >= 0.3 is 29.6 Å². The quantitative estimate of drug-likeness (QED) is 0.0374. The van der Waals surface area contributed by atoms with Gasteiger partial charge in [-0.05, 0) is 6.42 Å². The predicted molar refractivity (Wildman–Crippen MR) is 222 cm³/mol. The molecule has 1 aromatic heterocycles. The second-order valence-corrected chi connectivity index (χ2v) is 15.1. The van der Waals surface area contributed by atoms with Crippen LogP contribution in [0.4, 0.5) is 0 Å². The molecule has 0 saturated heterocycles. The summed E-state index contributed by atoms with van der Waals surface area (Å²) in [7, 11) is 0. The molecule has 2 heteroatoms. The zero-order chi connectivity index (χ0) is 34.0. The molecule has 0 saturated carbocycles. The van der Waals surface area contributed by atoms with Crippen molar-refractivity contribution in [3.8, 4) is 0 Å². The maximum atomic E-state index is 2.30. The molecule has 0 bridgehead atoms. The second kappa shape index (κ2) is 47.1. The third kappa shape index (κ3) is 44.2. The summed E-state index contributed by atoms with van der Waals surface area (Å²) in [4.78, 5) is 0. The van der Waals surface area contributed by atoms with Crippen molar-refractivity contribution in [1.29, 1.82) is 0 Å². The Bertz CT molecular complexity index is 625. The van der Waals surface area contributed by atoms with Crippen molar-refractivity contribution in [2.45, 2.75) is 265 Å². The molecule has 0 aliphatic rings. The molecule has 0 N–H and O–H groups in total. The molecule has 1 rings (SSSR count). The van der Waals surface area contributed by atoms with Crippen LogP contribution in [-0.4, -0.2) is 29.6 Å². The minimum atomic E-state index is 0. The molecule has 0 aromatic carbocycles. The van der Waals surface area contributed by atoms with Crippen LogP contribution in [0.25, 0.3) is 0 Å². The van der Waals surface area contributed by atoms with Gasteiger partial charge in [0.15, 0.2) is 12.4 Å². The maximum absolute atomic E-state index is 2.30. The zero-order valence-corrected chi connectivity index (χ0v) is 33.2. The third-order valence-electron chi connectivity index (χ3n) is 10.3. The monoisotopic (exact) mass is 681 g/mol. The average molecular weight is 681 g/mol. The molecular formula is C46H91NNa+. The van der Waals surface area contributed by atoms with Crippen molar-refractivity contribution in [3.63, 3.8) is 0 Å². The summed E-state index contributed by atoms with van der Waals surface area (Å²) in [5, 5.41) is 0. The van der Waals surface area contributed by atoms with Crippen molar-refractivity contribution < 1.29 is 4.57 Å². The number of pyridine rings is 1. The third-order valence-corrected chi connectivity index (χ3v) is 10.3. The SMILES string of the molecule is CCCCCCCCCCCCCCCCCCCCCCCCC.CCCCCCCCCCCCCCCC[n+]1ccccc1.[NaH]. The van der Waals surface area contributed by atoms with E-state index in [1.807, 2.05) is 0 Å². The van der Waals surface area contributed by atoms with Gasteiger partial charge in [0.25, 0.3) is 0 Å². The predicted octanol–water partition coefficient (Wildman–Crippen LogP) is 15.8. The first-order valence-electron chi connectivity index (χ1n) is 22.3. The number of unbranched alkanes of at least 4 members (excludes halogenated alkanes) is 35. The van der Waals surface area contributed by atoms with E-state index in [1.165, 1.54) is 244 Å². The van der Waals surface area contributed by atoms with Gasteiger partial charge in [-0.1, -0.05) is 252 Å². The second-order valence-electron chi connectivity index (χ2n) is 15.1. The Labute approximate surface area is 327 Å². The van der Waals surface area contributed by atoms with E-state index in [0.717, 1.165) is 0 Å². The van der Waals surface area contributed by atoms with Gasteiger partial charge in [0.2, 0.25) is 0 Å². The van der Waals surface area contributed by atoms with E-state index in [4.69, 9.17) is 0 Å². The summed E-state index contributed by atoms with van der Waals surface area (Å²) in [6, 6.07) is 6.31. The molecule has 0 spiro atoms. The molecule has 1 heterocycles. The van der Waals surface area contributed by atoms with Crippen molar-refractivity contribution in [1.82, 2.24) is 0 Å². The Kier molecular flexibility index (Phi) is 49.4. The van der Waals surface area contributed by atoms with E-state index in [9.17, 15) is 0 Å². The molecule has 0 radical (unpaired) electrons. The molecular weight excluding hydrogens is 590 g/mol. The van der Waals surface area contributed by atoms with Gasteiger partial charge in [-0.3, -0.25) is 0 Å². The van der Waals surface area contributed by atoms with Crippen LogP contribution in [0, 0.1) is 0 Å². The van der Waals surface area contributed by atoms with Crippen LogP contribution in [0.2, 0.25) is 0 Å². The first-order chi connectivity index (χ1) is 23.3. The topological polar surface area (TPSA) is 3.88 Å². The van der Waals surface area contributed by atoms with Crippen molar-refractivity contribution in [2.24, 2.45) is 0 Å². The van der Waals surface area contributed by atoms with Crippen LogP contribution < -0.4 is 4.57 Å². The fourth-order valence-corrected chi connectivity index (χ4v) is 6.93. The molecule has 0 aliphatic carbocycles. The van der Waals surface area contributed by atoms with Crippen LogP contribution >= 0.6 is 0 Å². The average Bonchev–Trinajstić information content (AvgIpc) is 3.10. The molecule has 0 unspecified atom stereocenters.